The molecule has 1 saturated carbocycles. The quantitative estimate of drug-likeness (QED) is 0.114. The van der Waals surface area contributed by atoms with Crippen molar-refractivity contribution < 1.29 is 42.4 Å². The zero-order valence-corrected chi connectivity index (χ0v) is 26.4. The summed E-state index contributed by atoms with van der Waals surface area (Å²) in [5.41, 5.74) is -0.487. The van der Waals surface area contributed by atoms with E-state index in [2.05, 4.69) is 15.2 Å². The van der Waals surface area contributed by atoms with Crippen molar-refractivity contribution in [2.75, 3.05) is 63.5 Å². The van der Waals surface area contributed by atoms with Crippen molar-refractivity contribution in [3.05, 3.63) is 78.5 Å². The molecule has 0 radical (unpaired) electrons. The molecule has 1 aliphatic heterocycles. The van der Waals surface area contributed by atoms with Gasteiger partial charge in [0.15, 0.2) is 23.1 Å². The van der Waals surface area contributed by atoms with Gasteiger partial charge in [-0.1, -0.05) is 0 Å². The lowest BCUT2D eigenvalue weighted by Gasteiger charge is -2.26. The number of carbonyl (C=O) groups excluding carboxylic acids is 2. The minimum atomic E-state index is -1.43. The second-order valence-corrected chi connectivity index (χ2v) is 11.6. The Morgan fingerprint density at radius 1 is 1.00 bits per heavy atom. The number of benzene rings is 3. The number of carbonyl (C=O) groups is 2. The Labute approximate surface area is 276 Å². The van der Waals surface area contributed by atoms with Gasteiger partial charge in [0.05, 0.1) is 32.4 Å². The third-order valence-corrected chi connectivity index (χ3v) is 8.50. The van der Waals surface area contributed by atoms with Gasteiger partial charge >= 0.3 is 0 Å². The van der Waals surface area contributed by atoms with E-state index in [0.29, 0.717) is 34.8 Å². The number of ether oxygens (including phenoxy) is 4. The van der Waals surface area contributed by atoms with Crippen LogP contribution >= 0.6 is 0 Å². The van der Waals surface area contributed by atoms with Crippen LogP contribution in [0.3, 0.4) is 0 Å². The number of aliphatic hydroxyl groups is 1. The van der Waals surface area contributed by atoms with E-state index < -0.39 is 35.6 Å². The number of nitrogens with zero attached hydrogens (tertiary/aromatic N) is 3. The van der Waals surface area contributed by atoms with Crippen LogP contribution < -0.4 is 24.4 Å². The standard InChI is InChI=1S/C35H36F2N4O7/c1-45-31-20-26-28(21-32(31)47-16-2-13-40-14-17-46-18-15-40)38-12-9-29(26)48-30-8-5-24(19-27(30)37)39-33(43)35(10-11-35)34(44)41(22-42)25-6-3-23(36)4-7-25/h3-9,12,19-21,42H,2,10-11,13-18,22H2,1H3,(H,39,43). The van der Waals surface area contributed by atoms with Crippen LogP contribution in [0.4, 0.5) is 20.2 Å². The number of aliphatic hydroxyl groups excluding tert-OH is 1. The molecule has 48 heavy (non-hydrogen) atoms. The highest BCUT2D eigenvalue weighted by Crippen LogP contribution is 2.49. The second-order valence-electron chi connectivity index (χ2n) is 11.6. The van der Waals surface area contributed by atoms with Crippen LogP contribution in [0, 0.1) is 17.0 Å². The first kappa shape index (κ1) is 33.1. The number of rotatable bonds is 13. The topological polar surface area (TPSA) is 123 Å². The maximum Gasteiger partial charge on any atom is 0.244 e. The van der Waals surface area contributed by atoms with E-state index in [4.69, 9.17) is 18.9 Å². The van der Waals surface area contributed by atoms with Crippen LogP contribution in [0.5, 0.6) is 23.0 Å². The Balaban J connectivity index is 1.12. The second kappa shape index (κ2) is 14.5. The van der Waals surface area contributed by atoms with Crippen LogP contribution in [-0.2, 0) is 14.3 Å². The number of methoxy groups -OCH3 is 1. The number of hydrogen-bond donors (Lipinski definition) is 2. The van der Waals surface area contributed by atoms with Crippen LogP contribution in [0.2, 0.25) is 0 Å². The monoisotopic (exact) mass is 662 g/mol. The number of pyridine rings is 1. The number of morpholine rings is 1. The molecule has 13 heteroatoms. The van der Waals surface area contributed by atoms with Gasteiger partial charge in [-0.15, -0.1) is 0 Å². The molecular weight excluding hydrogens is 626 g/mol. The zero-order chi connectivity index (χ0) is 33.7. The molecule has 2 heterocycles. The highest BCUT2D eigenvalue weighted by molar-refractivity contribution is 6.17. The number of amides is 2. The first-order chi connectivity index (χ1) is 23.3. The third-order valence-electron chi connectivity index (χ3n) is 8.50. The predicted octanol–water partition coefficient (Wildman–Crippen LogP) is 5.12. The smallest absolute Gasteiger partial charge is 0.244 e. The molecule has 2 N–H and O–H groups in total. The van der Waals surface area contributed by atoms with Crippen molar-refractivity contribution in [1.82, 2.24) is 9.88 Å². The fourth-order valence-corrected chi connectivity index (χ4v) is 5.62. The molecule has 0 atom stereocenters. The Bertz CT molecular complexity index is 1780. The third kappa shape index (κ3) is 7.18. The van der Waals surface area contributed by atoms with E-state index in [-0.39, 0.29) is 30.0 Å². The number of hydrogen-bond acceptors (Lipinski definition) is 9. The van der Waals surface area contributed by atoms with E-state index in [0.717, 1.165) is 62.4 Å². The molecule has 2 fully saturated rings. The van der Waals surface area contributed by atoms with Gasteiger partial charge < -0.3 is 29.4 Å². The summed E-state index contributed by atoms with van der Waals surface area (Å²) in [6, 6.07) is 14.0. The summed E-state index contributed by atoms with van der Waals surface area (Å²) < 4.78 is 51.7. The fourth-order valence-electron chi connectivity index (χ4n) is 5.62. The summed E-state index contributed by atoms with van der Waals surface area (Å²) in [5, 5.41) is 13.1. The molecule has 0 bridgehead atoms. The van der Waals surface area contributed by atoms with Crippen LogP contribution in [-0.4, -0.2) is 80.1 Å². The maximum atomic E-state index is 15.3. The Hall–Kier alpha value is -4.85. The van der Waals surface area contributed by atoms with Crippen LogP contribution in [0.25, 0.3) is 10.9 Å². The van der Waals surface area contributed by atoms with E-state index in [1.54, 1.807) is 24.4 Å². The maximum absolute atomic E-state index is 15.3. The van der Waals surface area contributed by atoms with Crippen molar-refractivity contribution >= 4 is 34.1 Å². The van der Waals surface area contributed by atoms with Crippen molar-refractivity contribution in [2.24, 2.45) is 5.41 Å². The summed E-state index contributed by atoms with van der Waals surface area (Å²) in [6.07, 6.45) is 2.88. The van der Waals surface area contributed by atoms with Gasteiger partial charge in [0.1, 0.15) is 23.7 Å². The number of nitrogens with one attached hydrogen (secondary N) is 1. The molecule has 0 unspecified atom stereocenters. The van der Waals surface area contributed by atoms with Gasteiger partial charge in [-0.05, 0) is 67.8 Å². The van der Waals surface area contributed by atoms with Crippen molar-refractivity contribution in [1.29, 1.82) is 0 Å². The van der Waals surface area contributed by atoms with Gasteiger partial charge in [-0.25, -0.2) is 8.78 Å². The van der Waals surface area contributed by atoms with Crippen LogP contribution in [0.15, 0.2) is 66.9 Å². The summed E-state index contributed by atoms with van der Waals surface area (Å²) >= 11 is 0. The molecule has 2 aliphatic rings. The van der Waals surface area contributed by atoms with Crippen molar-refractivity contribution in [2.45, 2.75) is 19.3 Å². The average molecular weight is 663 g/mol. The van der Waals surface area contributed by atoms with E-state index in [1.807, 2.05) is 0 Å². The van der Waals surface area contributed by atoms with Gasteiger partial charge in [0.2, 0.25) is 11.8 Å². The fraction of sp³-hybridized carbons (Fsp3) is 0.343. The summed E-state index contributed by atoms with van der Waals surface area (Å²) in [4.78, 5) is 34.3. The number of fused-ring (bicyclic) bond motifs is 1. The molecule has 11 nitrogen and oxygen atoms in total. The van der Waals surface area contributed by atoms with Crippen molar-refractivity contribution in [3.63, 3.8) is 0 Å². The minimum absolute atomic E-state index is 0.0946. The molecule has 4 aromatic rings. The molecule has 252 valence electrons. The predicted molar refractivity (Wildman–Crippen MR) is 173 cm³/mol. The first-order valence-corrected chi connectivity index (χ1v) is 15.7. The number of anilines is 2. The van der Waals surface area contributed by atoms with Gasteiger partial charge in [-0.2, -0.15) is 0 Å². The number of halogens is 2. The lowest BCUT2D eigenvalue weighted by atomic mass is 10.0. The SMILES string of the molecule is COc1cc2c(Oc3ccc(NC(=O)C4(C(=O)N(CO)c5ccc(F)cc5)CC4)cc3F)ccnc2cc1OCCCN1CCOCC1. The van der Waals surface area contributed by atoms with E-state index in [1.165, 1.54) is 31.4 Å². The minimum Gasteiger partial charge on any atom is -0.493 e. The lowest BCUT2D eigenvalue weighted by molar-refractivity contribution is -0.133. The van der Waals surface area contributed by atoms with E-state index >= 15 is 4.39 Å². The molecule has 2 amide bonds. The van der Waals surface area contributed by atoms with Gasteiger partial charge in [0.25, 0.3) is 0 Å². The molecule has 6 rings (SSSR count). The average Bonchev–Trinajstić information content (AvgIpc) is 3.92. The lowest BCUT2D eigenvalue weighted by Crippen LogP contribution is -2.43. The Morgan fingerprint density at radius 3 is 2.46 bits per heavy atom. The Morgan fingerprint density at radius 2 is 1.77 bits per heavy atom. The number of aromatic nitrogens is 1. The largest absolute Gasteiger partial charge is 0.493 e. The molecule has 3 aromatic carbocycles. The molecular formula is C35H36F2N4O7. The van der Waals surface area contributed by atoms with Crippen molar-refractivity contribution in [3.8, 4) is 23.0 Å². The zero-order valence-electron chi connectivity index (χ0n) is 26.4. The summed E-state index contributed by atoms with van der Waals surface area (Å²) in [7, 11) is 1.54. The van der Waals surface area contributed by atoms with E-state index in [9.17, 15) is 19.1 Å². The molecule has 0 spiro atoms. The molecule has 1 aromatic heterocycles. The molecule has 1 saturated heterocycles. The van der Waals surface area contributed by atoms with Crippen LogP contribution in [0.1, 0.15) is 19.3 Å². The Kier molecular flexibility index (Phi) is 9.99. The summed E-state index contributed by atoms with van der Waals surface area (Å²) in [5.74, 6) is -1.25. The first-order valence-electron chi connectivity index (χ1n) is 15.7. The highest BCUT2D eigenvalue weighted by Gasteiger charge is 2.58. The van der Waals surface area contributed by atoms with Gasteiger partial charge in [0, 0.05) is 54.7 Å². The van der Waals surface area contributed by atoms with Gasteiger partial charge in [-0.3, -0.25) is 24.4 Å². The summed E-state index contributed by atoms with van der Waals surface area (Å²) in [6.45, 7) is 4.02. The normalized spacial score (nSPS) is 15.5. The molecule has 1 aliphatic carbocycles. The highest BCUT2D eigenvalue weighted by atomic mass is 19.1.